The van der Waals surface area contributed by atoms with Gasteiger partial charge in [-0.3, -0.25) is 4.79 Å². The number of hydrogen-bond acceptors (Lipinski definition) is 2. The minimum absolute atomic E-state index is 0.0621. The van der Waals surface area contributed by atoms with E-state index in [0.717, 1.165) is 10.0 Å². The maximum Gasteiger partial charge on any atom is 0.251 e. The van der Waals surface area contributed by atoms with Crippen LogP contribution in [0.25, 0.3) is 0 Å². The van der Waals surface area contributed by atoms with Gasteiger partial charge < -0.3 is 10.1 Å². The largest absolute Gasteiger partial charge is 0.377 e. The highest BCUT2D eigenvalue weighted by Gasteiger charge is 2.06. The molecule has 0 unspecified atom stereocenters. The molecule has 1 aromatic carbocycles. The van der Waals surface area contributed by atoms with Crippen molar-refractivity contribution in [2.75, 3.05) is 13.2 Å². The van der Waals surface area contributed by atoms with E-state index in [2.05, 4.69) is 21.2 Å². The monoisotopic (exact) mass is 299 g/mol. The van der Waals surface area contributed by atoms with E-state index in [1.165, 1.54) is 0 Å². The van der Waals surface area contributed by atoms with Gasteiger partial charge in [-0.25, -0.2) is 0 Å². The number of carbonyl (C=O) groups excluding carboxylic acids is 1. The summed E-state index contributed by atoms with van der Waals surface area (Å²) in [7, 11) is 0. The molecule has 0 radical (unpaired) electrons. The van der Waals surface area contributed by atoms with Gasteiger partial charge in [-0.15, -0.1) is 0 Å². The Morgan fingerprint density at radius 1 is 1.47 bits per heavy atom. The second kappa shape index (κ2) is 6.77. The molecule has 1 aromatic rings. The Kier molecular flexibility index (Phi) is 5.65. The highest BCUT2D eigenvalue weighted by molar-refractivity contribution is 9.10. The standard InChI is InChI=1S/C13H18BrNO2/c1-9(2)17-7-6-15-13(16)11-4-5-12(14)10(3)8-11/h4-5,8-9H,6-7H2,1-3H3,(H,15,16). The van der Waals surface area contributed by atoms with Crippen LogP contribution in [-0.2, 0) is 4.74 Å². The van der Waals surface area contributed by atoms with E-state index in [-0.39, 0.29) is 12.0 Å². The fourth-order valence-corrected chi connectivity index (χ4v) is 1.59. The molecule has 94 valence electrons. The molecule has 3 nitrogen and oxygen atoms in total. The van der Waals surface area contributed by atoms with Crippen LogP contribution in [0.15, 0.2) is 22.7 Å². The summed E-state index contributed by atoms with van der Waals surface area (Å²) in [6, 6.07) is 5.55. The Bertz CT molecular complexity index is 391. The molecule has 0 spiro atoms. The van der Waals surface area contributed by atoms with Crippen LogP contribution in [0.5, 0.6) is 0 Å². The molecule has 17 heavy (non-hydrogen) atoms. The van der Waals surface area contributed by atoms with Crippen LogP contribution < -0.4 is 5.32 Å². The maximum atomic E-state index is 11.8. The van der Waals surface area contributed by atoms with E-state index in [0.29, 0.717) is 18.7 Å². The molecule has 1 rings (SSSR count). The Labute approximate surface area is 111 Å². The van der Waals surface area contributed by atoms with Crippen molar-refractivity contribution >= 4 is 21.8 Å². The lowest BCUT2D eigenvalue weighted by molar-refractivity contribution is 0.0746. The van der Waals surface area contributed by atoms with E-state index >= 15 is 0 Å². The van der Waals surface area contributed by atoms with Crippen LogP contribution >= 0.6 is 15.9 Å². The highest BCUT2D eigenvalue weighted by atomic mass is 79.9. The lowest BCUT2D eigenvalue weighted by Gasteiger charge is -2.09. The Hall–Kier alpha value is -0.870. The highest BCUT2D eigenvalue weighted by Crippen LogP contribution is 2.16. The zero-order valence-electron chi connectivity index (χ0n) is 10.4. The minimum atomic E-state index is -0.0621. The smallest absolute Gasteiger partial charge is 0.251 e. The number of aryl methyl sites for hydroxylation is 1. The Morgan fingerprint density at radius 3 is 2.76 bits per heavy atom. The SMILES string of the molecule is Cc1cc(C(=O)NCCOC(C)C)ccc1Br. The molecular formula is C13H18BrNO2. The van der Waals surface area contributed by atoms with E-state index in [1.54, 1.807) is 6.07 Å². The summed E-state index contributed by atoms with van der Waals surface area (Å²) in [6.07, 6.45) is 0.196. The molecule has 0 heterocycles. The first-order chi connectivity index (χ1) is 8.00. The Morgan fingerprint density at radius 2 is 2.18 bits per heavy atom. The van der Waals surface area contributed by atoms with Crippen molar-refractivity contribution in [1.82, 2.24) is 5.32 Å². The first-order valence-corrected chi connectivity index (χ1v) is 6.46. The summed E-state index contributed by atoms with van der Waals surface area (Å²) in [5, 5.41) is 2.82. The summed E-state index contributed by atoms with van der Waals surface area (Å²) in [6.45, 7) is 6.98. The van der Waals surface area contributed by atoms with Crippen molar-refractivity contribution in [3.8, 4) is 0 Å². The predicted molar refractivity (Wildman–Crippen MR) is 72.3 cm³/mol. The molecule has 0 aliphatic heterocycles. The topological polar surface area (TPSA) is 38.3 Å². The van der Waals surface area contributed by atoms with Crippen molar-refractivity contribution < 1.29 is 9.53 Å². The van der Waals surface area contributed by atoms with E-state index in [9.17, 15) is 4.79 Å². The summed E-state index contributed by atoms with van der Waals surface area (Å²) in [5.74, 6) is -0.0621. The van der Waals surface area contributed by atoms with Crippen molar-refractivity contribution in [2.45, 2.75) is 26.9 Å². The fourth-order valence-electron chi connectivity index (χ4n) is 1.35. The predicted octanol–water partition coefficient (Wildman–Crippen LogP) is 2.91. The number of amides is 1. The van der Waals surface area contributed by atoms with Crippen LogP contribution in [-0.4, -0.2) is 25.2 Å². The first-order valence-electron chi connectivity index (χ1n) is 5.66. The number of carbonyl (C=O) groups is 1. The molecule has 0 aliphatic rings. The molecular weight excluding hydrogens is 282 g/mol. The lowest BCUT2D eigenvalue weighted by Crippen LogP contribution is -2.28. The van der Waals surface area contributed by atoms with Gasteiger partial charge in [0, 0.05) is 16.6 Å². The zero-order valence-corrected chi connectivity index (χ0v) is 12.0. The molecule has 0 atom stereocenters. The van der Waals surface area contributed by atoms with Crippen LogP contribution in [0, 0.1) is 6.92 Å². The Balaban J connectivity index is 2.44. The van der Waals surface area contributed by atoms with E-state index in [4.69, 9.17) is 4.74 Å². The van der Waals surface area contributed by atoms with Crippen molar-refractivity contribution in [3.05, 3.63) is 33.8 Å². The number of rotatable bonds is 5. The molecule has 0 fully saturated rings. The third kappa shape index (κ3) is 4.88. The van der Waals surface area contributed by atoms with Gasteiger partial charge in [0.15, 0.2) is 0 Å². The fraction of sp³-hybridized carbons (Fsp3) is 0.462. The molecule has 0 saturated heterocycles. The second-order valence-electron chi connectivity index (χ2n) is 4.14. The van der Waals surface area contributed by atoms with Crippen LogP contribution in [0.1, 0.15) is 29.8 Å². The van der Waals surface area contributed by atoms with Gasteiger partial charge in [0.2, 0.25) is 0 Å². The normalized spacial score (nSPS) is 10.6. The average molecular weight is 300 g/mol. The van der Waals surface area contributed by atoms with Gasteiger partial charge >= 0.3 is 0 Å². The van der Waals surface area contributed by atoms with Crippen molar-refractivity contribution in [3.63, 3.8) is 0 Å². The number of halogens is 1. The van der Waals surface area contributed by atoms with Gasteiger partial charge in [-0.05, 0) is 44.5 Å². The molecule has 0 bridgehead atoms. The molecule has 0 aromatic heterocycles. The maximum absolute atomic E-state index is 11.8. The van der Waals surface area contributed by atoms with Crippen molar-refractivity contribution in [1.29, 1.82) is 0 Å². The van der Waals surface area contributed by atoms with Crippen molar-refractivity contribution in [2.24, 2.45) is 0 Å². The second-order valence-corrected chi connectivity index (χ2v) is 4.99. The summed E-state index contributed by atoms with van der Waals surface area (Å²) < 4.78 is 6.36. The molecule has 4 heteroatoms. The molecule has 1 N–H and O–H groups in total. The van der Waals surface area contributed by atoms with E-state index < -0.39 is 0 Å². The van der Waals surface area contributed by atoms with E-state index in [1.807, 2.05) is 32.9 Å². The summed E-state index contributed by atoms with van der Waals surface area (Å²) in [5.41, 5.74) is 1.73. The third-order valence-electron chi connectivity index (χ3n) is 2.26. The molecule has 0 aliphatic carbocycles. The van der Waals surface area contributed by atoms with Gasteiger partial charge in [0.25, 0.3) is 5.91 Å². The van der Waals surface area contributed by atoms with Gasteiger partial charge in [-0.1, -0.05) is 15.9 Å². The molecule has 0 saturated carbocycles. The van der Waals surface area contributed by atoms with Crippen LogP contribution in [0.4, 0.5) is 0 Å². The zero-order chi connectivity index (χ0) is 12.8. The number of benzene rings is 1. The number of nitrogens with one attached hydrogen (secondary N) is 1. The average Bonchev–Trinajstić information content (AvgIpc) is 2.27. The van der Waals surface area contributed by atoms with Gasteiger partial charge in [0.1, 0.15) is 0 Å². The first kappa shape index (κ1) is 14.2. The third-order valence-corrected chi connectivity index (χ3v) is 3.15. The van der Waals surface area contributed by atoms with Crippen LogP contribution in [0.2, 0.25) is 0 Å². The van der Waals surface area contributed by atoms with Crippen LogP contribution in [0.3, 0.4) is 0 Å². The lowest BCUT2D eigenvalue weighted by atomic mass is 10.1. The van der Waals surface area contributed by atoms with Gasteiger partial charge in [-0.2, -0.15) is 0 Å². The molecule has 1 amide bonds. The minimum Gasteiger partial charge on any atom is -0.377 e. The summed E-state index contributed by atoms with van der Waals surface area (Å²) >= 11 is 3.41. The number of ether oxygens (including phenoxy) is 1. The van der Waals surface area contributed by atoms with Gasteiger partial charge in [0.05, 0.1) is 12.7 Å². The quantitative estimate of drug-likeness (QED) is 0.849. The number of hydrogen-bond donors (Lipinski definition) is 1. The summed E-state index contributed by atoms with van der Waals surface area (Å²) in [4.78, 5) is 11.8.